The lowest BCUT2D eigenvalue weighted by Gasteiger charge is -2.32. The normalized spacial score (nSPS) is 17.4. The van der Waals surface area contributed by atoms with Gasteiger partial charge in [-0.1, -0.05) is 15.9 Å². The third-order valence-corrected chi connectivity index (χ3v) is 3.30. The minimum atomic E-state index is 0.405. The number of aromatic nitrogens is 2. The second kappa shape index (κ2) is 6.31. The Kier molecular flexibility index (Phi) is 4.74. The molecule has 0 aromatic carbocycles. The Hall–Kier alpha value is -0.680. The standard InChI is InChI=1S/C12H18BrN3O/c1-10-2-3-12(15-14-10)16-7-4-11(5-8-16)17-9-6-13/h2-3,11H,4-9H2,1H3. The van der Waals surface area contributed by atoms with Crippen LogP contribution in [0.5, 0.6) is 0 Å². The molecule has 5 heteroatoms. The summed E-state index contributed by atoms with van der Waals surface area (Å²) in [5.41, 5.74) is 0.962. The van der Waals surface area contributed by atoms with E-state index in [2.05, 4.69) is 31.0 Å². The van der Waals surface area contributed by atoms with Crippen molar-refractivity contribution in [3.63, 3.8) is 0 Å². The van der Waals surface area contributed by atoms with Crippen LogP contribution in [0.3, 0.4) is 0 Å². The van der Waals surface area contributed by atoms with Gasteiger partial charge in [0.2, 0.25) is 0 Å². The molecule has 0 N–H and O–H groups in total. The minimum Gasteiger partial charge on any atom is -0.377 e. The largest absolute Gasteiger partial charge is 0.377 e. The van der Waals surface area contributed by atoms with Gasteiger partial charge in [0.1, 0.15) is 0 Å². The number of piperidine rings is 1. The molecule has 0 bridgehead atoms. The summed E-state index contributed by atoms with van der Waals surface area (Å²) in [6.07, 6.45) is 2.55. The van der Waals surface area contributed by atoms with Gasteiger partial charge in [-0.05, 0) is 31.9 Å². The highest BCUT2D eigenvalue weighted by molar-refractivity contribution is 9.09. The Labute approximate surface area is 110 Å². The fourth-order valence-electron chi connectivity index (χ4n) is 2.02. The van der Waals surface area contributed by atoms with Gasteiger partial charge in [0.15, 0.2) is 5.82 Å². The van der Waals surface area contributed by atoms with Crippen molar-refractivity contribution in [2.24, 2.45) is 0 Å². The lowest BCUT2D eigenvalue weighted by atomic mass is 10.1. The van der Waals surface area contributed by atoms with E-state index in [1.54, 1.807) is 0 Å². The number of alkyl halides is 1. The number of aryl methyl sites for hydroxylation is 1. The minimum absolute atomic E-state index is 0.405. The van der Waals surface area contributed by atoms with Crippen LogP contribution in [0.4, 0.5) is 5.82 Å². The molecular formula is C12H18BrN3O. The van der Waals surface area contributed by atoms with Crippen LogP contribution in [-0.4, -0.2) is 41.3 Å². The van der Waals surface area contributed by atoms with E-state index >= 15 is 0 Å². The van der Waals surface area contributed by atoms with Crippen LogP contribution in [0, 0.1) is 6.92 Å². The molecule has 17 heavy (non-hydrogen) atoms. The lowest BCUT2D eigenvalue weighted by molar-refractivity contribution is 0.0480. The average molecular weight is 300 g/mol. The van der Waals surface area contributed by atoms with E-state index in [0.717, 1.165) is 49.4 Å². The molecule has 0 radical (unpaired) electrons. The summed E-state index contributed by atoms with van der Waals surface area (Å²) < 4.78 is 5.73. The highest BCUT2D eigenvalue weighted by atomic mass is 79.9. The molecule has 1 aromatic rings. The molecule has 1 saturated heterocycles. The molecule has 0 spiro atoms. The maximum Gasteiger partial charge on any atom is 0.151 e. The summed E-state index contributed by atoms with van der Waals surface area (Å²) >= 11 is 3.38. The van der Waals surface area contributed by atoms with Crippen LogP contribution in [0.25, 0.3) is 0 Å². The molecule has 2 rings (SSSR count). The third kappa shape index (κ3) is 3.64. The van der Waals surface area contributed by atoms with Crippen molar-refractivity contribution in [3.05, 3.63) is 17.8 Å². The number of ether oxygens (including phenoxy) is 1. The second-order valence-corrected chi connectivity index (χ2v) is 5.07. The zero-order valence-electron chi connectivity index (χ0n) is 10.1. The first-order chi connectivity index (χ1) is 8.29. The number of hydrogen-bond donors (Lipinski definition) is 0. The van der Waals surface area contributed by atoms with Crippen LogP contribution in [0.2, 0.25) is 0 Å². The van der Waals surface area contributed by atoms with E-state index in [1.165, 1.54) is 0 Å². The van der Waals surface area contributed by atoms with E-state index in [0.29, 0.717) is 6.10 Å². The maximum atomic E-state index is 5.73. The topological polar surface area (TPSA) is 38.2 Å². The van der Waals surface area contributed by atoms with E-state index in [9.17, 15) is 0 Å². The molecule has 0 saturated carbocycles. The molecule has 0 aliphatic carbocycles. The third-order valence-electron chi connectivity index (χ3n) is 2.98. The number of rotatable bonds is 4. The predicted molar refractivity (Wildman–Crippen MR) is 71.8 cm³/mol. The van der Waals surface area contributed by atoms with E-state index in [1.807, 2.05) is 19.1 Å². The summed E-state index contributed by atoms with van der Waals surface area (Å²) in [5, 5.41) is 9.22. The summed E-state index contributed by atoms with van der Waals surface area (Å²) in [7, 11) is 0. The first-order valence-corrected chi connectivity index (χ1v) is 7.14. The molecule has 94 valence electrons. The molecule has 0 unspecified atom stereocenters. The first kappa shape index (κ1) is 12.8. The Morgan fingerprint density at radius 3 is 2.71 bits per heavy atom. The predicted octanol–water partition coefficient (Wildman–Crippen LogP) is 2.17. The van der Waals surface area contributed by atoms with Gasteiger partial charge in [-0.25, -0.2) is 0 Å². The Morgan fingerprint density at radius 1 is 1.35 bits per heavy atom. The lowest BCUT2D eigenvalue weighted by Crippen LogP contribution is -2.37. The van der Waals surface area contributed by atoms with Crippen molar-refractivity contribution in [2.45, 2.75) is 25.9 Å². The van der Waals surface area contributed by atoms with Crippen molar-refractivity contribution in [1.29, 1.82) is 0 Å². The Bertz CT molecular complexity index is 336. The molecule has 0 atom stereocenters. The summed E-state index contributed by atoms with van der Waals surface area (Å²) in [5.74, 6) is 0.981. The van der Waals surface area contributed by atoms with Crippen LogP contribution in [0.1, 0.15) is 18.5 Å². The van der Waals surface area contributed by atoms with Crippen molar-refractivity contribution in [1.82, 2.24) is 10.2 Å². The number of hydrogen-bond acceptors (Lipinski definition) is 4. The van der Waals surface area contributed by atoms with Crippen LogP contribution in [-0.2, 0) is 4.74 Å². The van der Waals surface area contributed by atoms with Gasteiger partial charge < -0.3 is 9.64 Å². The summed E-state index contributed by atoms with van der Waals surface area (Å²) in [6.45, 7) is 4.77. The molecule has 1 aliphatic heterocycles. The molecule has 1 aliphatic rings. The van der Waals surface area contributed by atoms with Crippen molar-refractivity contribution >= 4 is 21.7 Å². The van der Waals surface area contributed by atoms with Crippen molar-refractivity contribution in [3.8, 4) is 0 Å². The van der Waals surface area contributed by atoms with Crippen molar-refractivity contribution in [2.75, 3.05) is 29.9 Å². The summed E-state index contributed by atoms with van der Waals surface area (Å²) in [4.78, 5) is 2.28. The molecular weight excluding hydrogens is 282 g/mol. The molecule has 1 fully saturated rings. The van der Waals surface area contributed by atoms with Crippen LogP contribution >= 0.6 is 15.9 Å². The first-order valence-electron chi connectivity index (χ1n) is 6.02. The monoisotopic (exact) mass is 299 g/mol. The fraction of sp³-hybridized carbons (Fsp3) is 0.667. The molecule has 1 aromatic heterocycles. The van der Waals surface area contributed by atoms with Gasteiger partial charge in [-0.3, -0.25) is 0 Å². The van der Waals surface area contributed by atoms with Crippen LogP contribution < -0.4 is 4.90 Å². The number of nitrogens with zero attached hydrogens (tertiary/aromatic N) is 3. The van der Waals surface area contributed by atoms with Crippen LogP contribution in [0.15, 0.2) is 12.1 Å². The second-order valence-electron chi connectivity index (χ2n) is 4.28. The number of halogens is 1. The molecule has 0 amide bonds. The van der Waals surface area contributed by atoms with E-state index in [4.69, 9.17) is 4.74 Å². The average Bonchev–Trinajstić information content (AvgIpc) is 2.38. The smallest absolute Gasteiger partial charge is 0.151 e. The zero-order valence-corrected chi connectivity index (χ0v) is 11.7. The Morgan fingerprint density at radius 2 is 2.12 bits per heavy atom. The fourth-order valence-corrected chi connectivity index (χ4v) is 2.21. The van der Waals surface area contributed by atoms with Gasteiger partial charge in [-0.15, -0.1) is 5.10 Å². The SMILES string of the molecule is Cc1ccc(N2CCC(OCCBr)CC2)nn1. The van der Waals surface area contributed by atoms with Gasteiger partial charge in [0, 0.05) is 18.4 Å². The van der Waals surface area contributed by atoms with Gasteiger partial charge in [0.05, 0.1) is 18.4 Å². The van der Waals surface area contributed by atoms with E-state index < -0.39 is 0 Å². The maximum absolute atomic E-state index is 5.73. The van der Waals surface area contributed by atoms with Gasteiger partial charge >= 0.3 is 0 Å². The Balaban J connectivity index is 1.84. The van der Waals surface area contributed by atoms with Gasteiger partial charge in [0.25, 0.3) is 0 Å². The number of anilines is 1. The molecule has 4 nitrogen and oxygen atoms in total. The highest BCUT2D eigenvalue weighted by Crippen LogP contribution is 2.19. The van der Waals surface area contributed by atoms with Gasteiger partial charge in [-0.2, -0.15) is 5.10 Å². The molecule has 2 heterocycles. The quantitative estimate of drug-likeness (QED) is 0.799. The van der Waals surface area contributed by atoms with Crippen molar-refractivity contribution < 1.29 is 4.74 Å². The zero-order chi connectivity index (χ0) is 12.1. The summed E-state index contributed by atoms with van der Waals surface area (Å²) in [6, 6.07) is 4.05. The van der Waals surface area contributed by atoms with E-state index in [-0.39, 0.29) is 0 Å². The highest BCUT2D eigenvalue weighted by Gasteiger charge is 2.20.